The second-order valence-electron chi connectivity index (χ2n) is 4.54. The Morgan fingerprint density at radius 2 is 1.95 bits per heavy atom. The van der Waals surface area contributed by atoms with Crippen molar-refractivity contribution in [2.45, 2.75) is 32.2 Å². The summed E-state index contributed by atoms with van der Waals surface area (Å²) in [4.78, 5) is 23.2. The van der Waals surface area contributed by atoms with Crippen LogP contribution in [-0.4, -0.2) is 29.6 Å². The van der Waals surface area contributed by atoms with Gasteiger partial charge in [0, 0.05) is 0 Å². The molecule has 0 radical (unpaired) electrons. The van der Waals surface area contributed by atoms with Crippen LogP contribution < -0.4 is 15.8 Å². The van der Waals surface area contributed by atoms with Gasteiger partial charge in [-0.15, -0.1) is 0 Å². The second-order valence-corrected chi connectivity index (χ2v) is 4.54. The number of carboxylic acids is 1. The molecule has 20 heavy (non-hydrogen) atoms. The highest BCUT2D eigenvalue weighted by Crippen LogP contribution is 2.27. The Morgan fingerprint density at radius 1 is 1.35 bits per heavy atom. The molecule has 0 saturated heterocycles. The number of nitrogens with two attached hydrogens (primary N) is 1. The Morgan fingerprint density at radius 3 is 2.40 bits per heavy atom. The van der Waals surface area contributed by atoms with Crippen molar-refractivity contribution in [3.63, 3.8) is 0 Å². The zero-order valence-corrected chi connectivity index (χ0v) is 11.9. The number of hydrogen-bond acceptors (Lipinski definition) is 4. The molecule has 0 aromatic heterocycles. The molecule has 0 fully saturated rings. The van der Waals surface area contributed by atoms with Crippen LogP contribution in [0.4, 0.5) is 5.69 Å². The van der Waals surface area contributed by atoms with Gasteiger partial charge in [-0.05, 0) is 31.0 Å². The van der Waals surface area contributed by atoms with Crippen LogP contribution in [0.15, 0.2) is 18.2 Å². The lowest BCUT2D eigenvalue weighted by atomic mass is 9.93. The number of carbonyl (C=O) groups is 2. The number of methoxy groups -OCH3 is 1. The number of carbonyl (C=O) groups excluding carboxylic acids is 1. The SMILES string of the molecule is CCC(N)(CC)C(=O)Nc1cc(C(=O)O)ccc1OC. The Balaban J connectivity index is 3.10. The Bertz CT molecular complexity index is 510. The van der Waals surface area contributed by atoms with E-state index in [2.05, 4.69) is 5.32 Å². The van der Waals surface area contributed by atoms with Crippen molar-refractivity contribution in [3.8, 4) is 5.75 Å². The molecular weight excluding hydrogens is 260 g/mol. The lowest BCUT2D eigenvalue weighted by Crippen LogP contribution is -2.50. The maximum atomic E-state index is 12.2. The molecule has 0 aliphatic rings. The first-order valence-electron chi connectivity index (χ1n) is 6.39. The monoisotopic (exact) mass is 280 g/mol. The summed E-state index contributed by atoms with van der Waals surface area (Å²) in [6.07, 6.45) is 0.965. The van der Waals surface area contributed by atoms with Gasteiger partial charge in [0.05, 0.1) is 23.9 Å². The average molecular weight is 280 g/mol. The zero-order chi connectivity index (χ0) is 15.3. The molecule has 1 aromatic rings. The van der Waals surface area contributed by atoms with Gasteiger partial charge in [-0.1, -0.05) is 13.8 Å². The summed E-state index contributed by atoms with van der Waals surface area (Å²) in [7, 11) is 1.45. The van der Waals surface area contributed by atoms with Crippen molar-refractivity contribution in [2.75, 3.05) is 12.4 Å². The first kappa shape index (κ1) is 16.0. The largest absolute Gasteiger partial charge is 0.495 e. The summed E-state index contributed by atoms with van der Waals surface area (Å²) in [5.41, 5.74) is 5.39. The highest BCUT2D eigenvalue weighted by molar-refractivity contribution is 6.00. The number of hydrogen-bond donors (Lipinski definition) is 3. The van der Waals surface area contributed by atoms with E-state index < -0.39 is 11.5 Å². The molecule has 0 spiro atoms. The van der Waals surface area contributed by atoms with Gasteiger partial charge in [-0.2, -0.15) is 0 Å². The number of anilines is 1. The van der Waals surface area contributed by atoms with Crippen LogP contribution in [0.25, 0.3) is 0 Å². The van der Waals surface area contributed by atoms with Crippen LogP contribution in [-0.2, 0) is 4.79 Å². The molecule has 4 N–H and O–H groups in total. The summed E-state index contributed by atoms with van der Waals surface area (Å²) in [6.45, 7) is 3.65. The fraction of sp³-hybridized carbons (Fsp3) is 0.429. The van der Waals surface area contributed by atoms with E-state index in [1.807, 2.05) is 13.8 Å². The highest BCUT2D eigenvalue weighted by atomic mass is 16.5. The molecule has 1 amide bonds. The molecule has 0 saturated carbocycles. The third-order valence-corrected chi connectivity index (χ3v) is 3.41. The maximum absolute atomic E-state index is 12.2. The fourth-order valence-electron chi connectivity index (χ4n) is 1.76. The van der Waals surface area contributed by atoms with Crippen LogP contribution >= 0.6 is 0 Å². The number of nitrogens with one attached hydrogen (secondary N) is 1. The molecular formula is C14H20N2O4. The first-order chi connectivity index (χ1) is 9.37. The number of aromatic carboxylic acids is 1. The van der Waals surface area contributed by atoms with Gasteiger partial charge in [-0.3, -0.25) is 4.79 Å². The average Bonchev–Trinajstić information content (AvgIpc) is 2.46. The molecule has 0 bridgehead atoms. The topological polar surface area (TPSA) is 102 Å². The van der Waals surface area contributed by atoms with Crippen LogP contribution in [0.2, 0.25) is 0 Å². The zero-order valence-electron chi connectivity index (χ0n) is 11.9. The van der Waals surface area contributed by atoms with Crippen molar-refractivity contribution < 1.29 is 19.4 Å². The lowest BCUT2D eigenvalue weighted by Gasteiger charge is -2.25. The molecule has 6 heteroatoms. The van der Waals surface area contributed by atoms with Gasteiger partial charge in [0.1, 0.15) is 5.75 Å². The van der Waals surface area contributed by atoms with E-state index in [9.17, 15) is 9.59 Å². The van der Waals surface area contributed by atoms with Crippen molar-refractivity contribution in [1.29, 1.82) is 0 Å². The van der Waals surface area contributed by atoms with Gasteiger partial charge in [0.2, 0.25) is 5.91 Å². The highest BCUT2D eigenvalue weighted by Gasteiger charge is 2.30. The van der Waals surface area contributed by atoms with Crippen molar-refractivity contribution in [2.24, 2.45) is 5.73 Å². The molecule has 6 nitrogen and oxygen atoms in total. The summed E-state index contributed by atoms with van der Waals surface area (Å²) in [6, 6.07) is 4.26. The standard InChI is InChI=1S/C14H20N2O4/c1-4-14(15,5-2)13(19)16-10-8-9(12(17)18)6-7-11(10)20-3/h6-8H,4-5,15H2,1-3H3,(H,16,19)(H,17,18). The van der Waals surface area contributed by atoms with Gasteiger partial charge in [0.15, 0.2) is 0 Å². The number of benzene rings is 1. The Labute approximate surface area is 117 Å². The van der Waals surface area contributed by atoms with Gasteiger partial charge >= 0.3 is 5.97 Å². The van der Waals surface area contributed by atoms with Crippen LogP contribution in [0.5, 0.6) is 5.75 Å². The molecule has 1 aromatic carbocycles. The summed E-state index contributed by atoms with van der Waals surface area (Å²) >= 11 is 0. The van der Waals surface area contributed by atoms with E-state index in [1.165, 1.54) is 25.3 Å². The number of amides is 1. The molecule has 0 aliphatic carbocycles. The quantitative estimate of drug-likeness (QED) is 0.738. The summed E-state index contributed by atoms with van der Waals surface area (Å²) in [5.74, 6) is -1.05. The van der Waals surface area contributed by atoms with E-state index in [0.29, 0.717) is 24.3 Å². The van der Waals surface area contributed by atoms with Gasteiger partial charge < -0.3 is 20.9 Å². The summed E-state index contributed by atoms with van der Waals surface area (Å²) < 4.78 is 5.11. The minimum atomic E-state index is -1.08. The maximum Gasteiger partial charge on any atom is 0.335 e. The van der Waals surface area contributed by atoms with E-state index >= 15 is 0 Å². The molecule has 0 heterocycles. The predicted molar refractivity (Wildman–Crippen MR) is 76.1 cm³/mol. The fourth-order valence-corrected chi connectivity index (χ4v) is 1.76. The minimum absolute atomic E-state index is 0.0664. The third-order valence-electron chi connectivity index (χ3n) is 3.41. The van der Waals surface area contributed by atoms with Gasteiger partial charge in [0.25, 0.3) is 0 Å². The van der Waals surface area contributed by atoms with E-state index in [0.717, 1.165) is 0 Å². The Hall–Kier alpha value is -2.08. The smallest absolute Gasteiger partial charge is 0.335 e. The van der Waals surface area contributed by atoms with Gasteiger partial charge in [-0.25, -0.2) is 4.79 Å². The predicted octanol–water partition coefficient (Wildman–Crippen LogP) is 1.85. The summed E-state index contributed by atoms with van der Waals surface area (Å²) in [5, 5.41) is 11.6. The lowest BCUT2D eigenvalue weighted by molar-refractivity contribution is -0.121. The number of carboxylic acid groups (broad SMARTS) is 1. The first-order valence-corrected chi connectivity index (χ1v) is 6.39. The van der Waals surface area contributed by atoms with E-state index in [1.54, 1.807) is 0 Å². The van der Waals surface area contributed by atoms with Crippen molar-refractivity contribution in [3.05, 3.63) is 23.8 Å². The Kier molecular flexibility index (Phi) is 5.10. The van der Waals surface area contributed by atoms with Crippen LogP contribution in [0.1, 0.15) is 37.0 Å². The van der Waals surface area contributed by atoms with Crippen LogP contribution in [0, 0.1) is 0 Å². The van der Waals surface area contributed by atoms with Crippen LogP contribution in [0.3, 0.4) is 0 Å². The van der Waals surface area contributed by atoms with E-state index in [-0.39, 0.29) is 11.5 Å². The third kappa shape index (κ3) is 3.27. The molecule has 110 valence electrons. The van der Waals surface area contributed by atoms with Crippen molar-refractivity contribution >= 4 is 17.6 Å². The minimum Gasteiger partial charge on any atom is -0.495 e. The molecule has 1 rings (SSSR count). The molecule has 0 atom stereocenters. The van der Waals surface area contributed by atoms with E-state index in [4.69, 9.17) is 15.6 Å². The normalized spacial score (nSPS) is 11.0. The second kappa shape index (κ2) is 6.38. The van der Waals surface area contributed by atoms with Crippen molar-refractivity contribution in [1.82, 2.24) is 0 Å². The number of ether oxygens (including phenoxy) is 1. The number of rotatable bonds is 6. The molecule has 0 aliphatic heterocycles. The molecule has 0 unspecified atom stereocenters.